The van der Waals surface area contributed by atoms with E-state index < -0.39 is 10.5 Å². The number of anilines is 1. The van der Waals surface area contributed by atoms with Crippen LogP contribution in [0.1, 0.15) is 20.8 Å². The Morgan fingerprint density at radius 3 is 2.65 bits per heavy atom. The number of aliphatic hydroxyl groups is 1. The number of nitro benzene ring substituents is 1. The Labute approximate surface area is 118 Å². The van der Waals surface area contributed by atoms with E-state index in [0.717, 1.165) is 5.69 Å². The van der Waals surface area contributed by atoms with E-state index in [1.807, 2.05) is 18.7 Å². The van der Waals surface area contributed by atoms with E-state index in [2.05, 4.69) is 0 Å². The lowest BCUT2D eigenvalue weighted by atomic mass is 9.82. The third-order valence-electron chi connectivity index (χ3n) is 3.81. The molecule has 6 nitrogen and oxygen atoms in total. The molecule has 0 aromatic heterocycles. The fourth-order valence-corrected chi connectivity index (χ4v) is 2.28. The van der Waals surface area contributed by atoms with E-state index in [9.17, 15) is 15.2 Å². The topological polar surface area (TPSA) is 75.8 Å². The number of hydrogen-bond acceptors (Lipinski definition) is 5. The Morgan fingerprint density at radius 2 is 2.15 bits per heavy atom. The SMILES string of the molecule is CCOc1cc(N2CC(O)(C(C)C)C2)ccc1[N+](=O)[O-]. The summed E-state index contributed by atoms with van der Waals surface area (Å²) in [7, 11) is 0. The Hall–Kier alpha value is -1.82. The number of β-amino-alcohol motifs (C(OH)–C–C–N with tert-alkyl or cyclic N) is 1. The van der Waals surface area contributed by atoms with Gasteiger partial charge in [-0.15, -0.1) is 0 Å². The lowest BCUT2D eigenvalue weighted by Crippen LogP contribution is -2.64. The molecule has 0 aliphatic carbocycles. The predicted molar refractivity (Wildman–Crippen MR) is 76.3 cm³/mol. The van der Waals surface area contributed by atoms with Crippen LogP contribution in [-0.2, 0) is 0 Å². The lowest BCUT2D eigenvalue weighted by molar-refractivity contribution is -0.385. The van der Waals surface area contributed by atoms with Crippen LogP contribution in [-0.4, -0.2) is 35.3 Å². The summed E-state index contributed by atoms with van der Waals surface area (Å²) in [5.74, 6) is 0.457. The summed E-state index contributed by atoms with van der Waals surface area (Å²) in [4.78, 5) is 12.5. The molecular weight excluding hydrogens is 260 g/mol. The summed E-state index contributed by atoms with van der Waals surface area (Å²) in [6.07, 6.45) is 0. The molecule has 1 aromatic rings. The van der Waals surface area contributed by atoms with E-state index in [1.54, 1.807) is 19.1 Å². The van der Waals surface area contributed by atoms with Gasteiger partial charge in [0.05, 0.1) is 11.5 Å². The summed E-state index contributed by atoms with van der Waals surface area (Å²) in [5.41, 5.74) is 0.132. The van der Waals surface area contributed by atoms with E-state index in [0.29, 0.717) is 19.7 Å². The summed E-state index contributed by atoms with van der Waals surface area (Å²) in [5, 5.41) is 21.2. The Kier molecular flexibility index (Phi) is 3.85. The second kappa shape index (κ2) is 5.28. The third-order valence-corrected chi connectivity index (χ3v) is 3.81. The summed E-state index contributed by atoms with van der Waals surface area (Å²) < 4.78 is 5.33. The van der Waals surface area contributed by atoms with Crippen LogP contribution in [0, 0.1) is 16.0 Å². The van der Waals surface area contributed by atoms with Gasteiger partial charge in [-0.25, -0.2) is 0 Å². The zero-order valence-corrected chi connectivity index (χ0v) is 12.0. The van der Waals surface area contributed by atoms with Crippen LogP contribution < -0.4 is 9.64 Å². The van der Waals surface area contributed by atoms with Gasteiger partial charge in [0.15, 0.2) is 5.75 Å². The van der Waals surface area contributed by atoms with Gasteiger partial charge in [-0.2, -0.15) is 0 Å². The zero-order valence-electron chi connectivity index (χ0n) is 12.0. The highest BCUT2D eigenvalue weighted by molar-refractivity contribution is 5.61. The molecule has 0 radical (unpaired) electrons. The average molecular weight is 280 g/mol. The van der Waals surface area contributed by atoms with Gasteiger partial charge in [-0.1, -0.05) is 13.8 Å². The van der Waals surface area contributed by atoms with Gasteiger partial charge in [0, 0.05) is 30.9 Å². The van der Waals surface area contributed by atoms with Crippen LogP contribution in [0.3, 0.4) is 0 Å². The van der Waals surface area contributed by atoms with E-state index >= 15 is 0 Å². The molecule has 1 aliphatic rings. The molecule has 0 spiro atoms. The number of hydrogen-bond donors (Lipinski definition) is 1. The zero-order chi connectivity index (χ0) is 14.9. The Balaban J connectivity index is 2.19. The van der Waals surface area contributed by atoms with Crippen LogP contribution >= 0.6 is 0 Å². The minimum Gasteiger partial charge on any atom is -0.487 e. The molecule has 6 heteroatoms. The molecule has 20 heavy (non-hydrogen) atoms. The maximum absolute atomic E-state index is 10.9. The van der Waals surface area contributed by atoms with Crippen molar-refractivity contribution in [3.8, 4) is 5.75 Å². The second-order valence-corrected chi connectivity index (χ2v) is 5.46. The first-order chi connectivity index (χ1) is 9.37. The average Bonchev–Trinajstić information content (AvgIpc) is 2.34. The first-order valence-corrected chi connectivity index (χ1v) is 6.76. The van der Waals surface area contributed by atoms with Gasteiger partial charge in [0.1, 0.15) is 5.60 Å². The molecule has 0 unspecified atom stereocenters. The van der Waals surface area contributed by atoms with Crippen LogP contribution in [0.5, 0.6) is 5.75 Å². The number of rotatable bonds is 5. The third kappa shape index (κ3) is 2.56. The minimum atomic E-state index is -0.673. The Bertz CT molecular complexity index is 510. The van der Waals surface area contributed by atoms with Gasteiger partial charge in [0.2, 0.25) is 0 Å². The minimum absolute atomic E-state index is 0.0322. The van der Waals surface area contributed by atoms with Gasteiger partial charge in [-0.05, 0) is 18.9 Å². The van der Waals surface area contributed by atoms with Crippen molar-refractivity contribution >= 4 is 11.4 Å². The summed E-state index contributed by atoms with van der Waals surface area (Å²) in [6, 6.07) is 4.81. The molecule has 1 aromatic carbocycles. The normalized spacial score (nSPS) is 16.9. The van der Waals surface area contributed by atoms with E-state index in [4.69, 9.17) is 4.74 Å². The Morgan fingerprint density at radius 1 is 1.50 bits per heavy atom. The van der Waals surface area contributed by atoms with Crippen molar-refractivity contribution in [1.29, 1.82) is 0 Å². The molecule has 1 aliphatic heterocycles. The molecule has 0 bridgehead atoms. The largest absolute Gasteiger partial charge is 0.487 e. The lowest BCUT2D eigenvalue weighted by Gasteiger charge is -2.50. The summed E-state index contributed by atoms with van der Waals surface area (Å²) in [6.45, 7) is 7.21. The highest BCUT2D eigenvalue weighted by atomic mass is 16.6. The molecule has 0 atom stereocenters. The molecule has 1 heterocycles. The van der Waals surface area contributed by atoms with E-state index in [1.165, 1.54) is 6.07 Å². The predicted octanol–water partition coefficient (Wildman–Crippen LogP) is 2.20. The fourth-order valence-electron chi connectivity index (χ4n) is 2.28. The van der Waals surface area contributed by atoms with Gasteiger partial charge >= 0.3 is 5.69 Å². The summed E-state index contributed by atoms with van der Waals surface area (Å²) >= 11 is 0. The van der Waals surface area contributed by atoms with Crippen LogP contribution in [0.4, 0.5) is 11.4 Å². The van der Waals surface area contributed by atoms with Gasteiger partial charge < -0.3 is 14.7 Å². The maximum atomic E-state index is 10.9. The smallest absolute Gasteiger partial charge is 0.311 e. The molecule has 2 rings (SSSR count). The first-order valence-electron chi connectivity index (χ1n) is 6.76. The van der Waals surface area contributed by atoms with Crippen molar-refractivity contribution in [2.45, 2.75) is 26.4 Å². The quantitative estimate of drug-likeness (QED) is 0.661. The molecule has 0 amide bonds. The van der Waals surface area contributed by atoms with Crippen LogP contribution in [0.2, 0.25) is 0 Å². The van der Waals surface area contributed by atoms with Crippen molar-refractivity contribution < 1.29 is 14.8 Å². The maximum Gasteiger partial charge on any atom is 0.311 e. The van der Waals surface area contributed by atoms with Crippen LogP contribution in [0.25, 0.3) is 0 Å². The molecule has 0 saturated carbocycles. The monoisotopic (exact) mass is 280 g/mol. The van der Waals surface area contributed by atoms with Crippen LogP contribution in [0.15, 0.2) is 18.2 Å². The molecule has 1 fully saturated rings. The highest BCUT2D eigenvalue weighted by Crippen LogP contribution is 2.37. The van der Waals surface area contributed by atoms with Crippen molar-refractivity contribution in [3.63, 3.8) is 0 Å². The molecule has 110 valence electrons. The second-order valence-electron chi connectivity index (χ2n) is 5.46. The molecule has 1 saturated heterocycles. The van der Waals surface area contributed by atoms with E-state index in [-0.39, 0.29) is 17.4 Å². The van der Waals surface area contributed by atoms with Gasteiger partial charge in [0.25, 0.3) is 0 Å². The molecule has 1 N–H and O–H groups in total. The van der Waals surface area contributed by atoms with Crippen molar-refractivity contribution in [2.75, 3.05) is 24.6 Å². The van der Waals surface area contributed by atoms with Crippen molar-refractivity contribution in [3.05, 3.63) is 28.3 Å². The molecular formula is C14H20N2O4. The van der Waals surface area contributed by atoms with Gasteiger partial charge in [-0.3, -0.25) is 10.1 Å². The number of ether oxygens (including phenoxy) is 1. The fraction of sp³-hybridized carbons (Fsp3) is 0.571. The number of nitrogens with zero attached hydrogens (tertiary/aromatic N) is 2. The standard InChI is InChI=1S/C14H20N2O4/c1-4-20-13-7-11(5-6-12(13)16(18)19)15-8-14(17,9-15)10(2)3/h5-7,10,17H,4,8-9H2,1-3H3. The number of benzene rings is 1. The first kappa shape index (κ1) is 14.6. The van der Waals surface area contributed by atoms with Crippen molar-refractivity contribution in [1.82, 2.24) is 0 Å². The number of nitro groups is 1. The van der Waals surface area contributed by atoms with Crippen molar-refractivity contribution in [2.24, 2.45) is 5.92 Å². The highest BCUT2D eigenvalue weighted by Gasteiger charge is 2.44.